The third kappa shape index (κ3) is 3.80. The van der Waals surface area contributed by atoms with E-state index in [-0.39, 0.29) is 5.92 Å². The highest BCUT2D eigenvalue weighted by Crippen LogP contribution is 2.20. The van der Waals surface area contributed by atoms with E-state index in [0.717, 1.165) is 32.5 Å². The summed E-state index contributed by atoms with van der Waals surface area (Å²) in [4.78, 5) is 14.6. The van der Waals surface area contributed by atoms with E-state index in [4.69, 9.17) is 0 Å². The summed E-state index contributed by atoms with van der Waals surface area (Å²) in [5.41, 5.74) is 1.21. The number of carbonyl (C=O) groups excluding carboxylic acids is 1. The van der Waals surface area contributed by atoms with Crippen LogP contribution in [0.25, 0.3) is 0 Å². The quantitative estimate of drug-likeness (QED) is 0.901. The zero-order valence-electron chi connectivity index (χ0n) is 11.9. The normalized spacial score (nSPS) is 23.1. The summed E-state index contributed by atoms with van der Waals surface area (Å²) in [5.74, 6) is 0.514. The fourth-order valence-corrected chi connectivity index (χ4v) is 2.76. The average Bonchev–Trinajstić information content (AvgIpc) is 2.45. The van der Waals surface area contributed by atoms with Gasteiger partial charge in [0.15, 0.2) is 0 Å². The largest absolute Gasteiger partial charge is 0.338 e. The molecule has 19 heavy (non-hydrogen) atoms. The Hall–Kier alpha value is -1.35. The fraction of sp³-hybridized carbons (Fsp3) is 0.562. The molecule has 0 radical (unpaired) electrons. The molecule has 104 valence electrons. The summed E-state index contributed by atoms with van der Waals surface area (Å²) in [5, 5.41) is 3.40. The van der Waals surface area contributed by atoms with Crippen molar-refractivity contribution in [2.75, 3.05) is 13.1 Å². The zero-order chi connectivity index (χ0) is 13.7. The smallest absolute Gasteiger partial charge is 0.226 e. The first-order valence-corrected chi connectivity index (χ1v) is 7.26. The minimum Gasteiger partial charge on any atom is -0.338 e. The third-order valence-corrected chi connectivity index (χ3v) is 3.88. The maximum absolute atomic E-state index is 12.6. The van der Waals surface area contributed by atoms with Gasteiger partial charge < -0.3 is 10.2 Å². The molecular formula is C16H24N2O. The van der Waals surface area contributed by atoms with Crippen molar-refractivity contribution in [2.45, 2.75) is 39.3 Å². The van der Waals surface area contributed by atoms with E-state index < -0.39 is 0 Å². The van der Waals surface area contributed by atoms with E-state index in [2.05, 4.69) is 31.3 Å². The maximum Gasteiger partial charge on any atom is 0.226 e. The Kier molecular flexibility index (Phi) is 4.97. The number of piperidine rings is 1. The lowest BCUT2D eigenvalue weighted by Crippen LogP contribution is -2.43. The van der Waals surface area contributed by atoms with Crippen molar-refractivity contribution < 1.29 is 4.79 Å². The topological polar surface area (TPSA) is 32.3 Å². The minimum absolute atomic E-state index is 0.194. The predicted molar refractivity (Wildman–Crippen MR) is 77.7 cm³/mol. The van der Waals surface area contributed by atoms with Crippen molar-refractivity contribution >= 4 is 5.91 Å². The first kappa shape index (κ1) is 14.1. The van der Waals surface area contributed by atoms with Crippen molar-refractivity contribution in [3.8, 4) is 0 Å². The van der Waals surface area contributed by atoms with Crippen molar-refractivity contribution in [1.82, 2.24) is 10.2 Å². The molecule has 1 aromatic rings. The van der Waals surface area contributed by atoms with Gasteiger partial charge in [0.25, 0.3) is 0 Å². The summed E-state index contributed by atoms with van der Waals surface area (Å²) in [6.07, 6.45) is 1.93. The van der Waals surface area contributed by atoms with Gasteiger partial charge in [0.05, 0.1) is 0 Å². The molecule has 1 fully saturated rings. The molecule has 1 amide bonds. The number of hydrogen-bond acceptors (Lipinski definition) is 2. The maximum atomic E-state index is 12.6. The number of nitrogens with one attached hydrogen (secondary N) is 1. The molecular weight excluding hydrogens is 236 g/mol. The molecule has 1 N–H and O–H groups in total. The van der Waals surface area contributed by atoms with Crippen molar-refractivity contribution in [1.29, 1.82) is 0 Å². The Labute approximate surface area is 116 Å². The molecule has 0 saturated carbocycles. The van der Waals surface area contributed by atoms with Crippen molar-refractivity contribution in [3.05, 3.63) is 35.9 Å². The second-order valence-corrected chi connectivity index (χ2v) is 5.41. The first-order chi connectivity index (χ1) is 9.20. The van der Waals surface area contributed by atoms with Crippen LogP contribution in [0.1, 0.15) is 32.3 Å². The summed E-state index contributed by atoms with van der Waals surface area (Å²) in [6.45, 7) is 6.69. The van der Waals surface area contributed by atoms with Crippen LogP contribution in [0.5, 0.6) is 0 Å². The Morgan fingerprint density at radius 2 is 2.11 bits per heavy atom. The number of amides is 1. The van der Waals surface area contributed by atoms with Crippen LogP contribution < -0.4 is 5.32 Å². The number of rotatable bonds is 4. The monoisotopic (exact) mass is 260 g/mol. The average molecular weight is 260 g/mol. The second kappa shape index (κ2) is 6.71. The van der Waals surface area contributed by atoms with Gasteiger partial charge in [0.1, 0.15) is 0 Å². The van der Waals surface area contributed by atoms with Gasteiger partial charge >= 0.3 is 0 Å². The van der Waals surface area contributed by atoms with E-state index in [9.17, 15) is 4.79 Å². The number of nitrogens with zero attached hydrogens (tertiary/aromatic N) is 1. The Balaban J connectivity index is 1.98. The summed E-state index contributed by atoms with van der Waals surface area (Å²) < 4.78 is 0. The van der Waals surface area contributed by atoms with Gasteiger partial charge in [-0.25, -0.2) is 0 Å². The van der Waals surface area contributed by atoms with Gasteiger partial charge in [-0.1, -0.05) is 30.3 Å². The van der Waals surface area contributed by atoms with Crippen LogP contribution in [-0.4, -0.2) is 29.9 Å². The summed E-state index contributed by atoms with van der Waals surface area (Å²) >= 11 is 0. The zero-order valence-corrected chi connectivity index (χ0v) is 11.9. The molecule has 0 aliphatic carbocycles. The minimum atomic E-state index is 0.194. The highest BCUT2D eigenvalue weighted by molar-refractivity contribution is 5.79. The van der Waals surface area contributed by atoms with Crippen LogP contribution in [0, 0.1) is 5.92 Å². The fourth-order valence-electron chi connectivity index (χ4n) is 2.76. The van der Waals surface area contributed by atoms with Crippen LogP contribution in [0.3, 0.4) is 0 Å². The number of benzene rings is 1. The van der Waals surface area contributed by atoms with E-state index in [0.29, 0.717) is 11.9 Å². The van der Waals surface area contributed by atoms with Crippen molar-refractivity contribution in [3.63, 3.8) is 0 Å². The van der Waals surface area contributed by atoms with Crippen LogP contribution in [0.2, 0.25) is 0 Å². The Morgan fingerprint density at radius 1 is 1.37 bits per heavy atom. The van der Waals surface area contributed by atoms with Gasteiger partial charge in [-0.15, -0.1) is 0 Å². The van der Waals surface area contributed by atoms with E-state index >= 15 is 0 Å². The molecule has 0 unspecified atom stereocenters. The van der Waals surface area contributed by atoms with Gasteiger partial charge in [0, 0.05) is 25.0 Å². The third-order valence-electron chi connectivity index (χ3n) is 3.88. The Morgan fingerprint density at radius 3 is 2.74 bits per heavy atom. The highest BCUT2D eigenvalue weighted by atomic mass is 16.2. The van der Waals surface area contributed by atoms with Crippen LogP contribution in [-0.2, 0) is 11.3 Å². The lowest BCUT2D eigenvalue weighted by molar-refractivity contribution is -0.137. The molecule has 1 aliphatic heterocycles. The van der Waals surface area contributed by atoms with Crippen LogP contribution in [0.15, 0.2) is 30.3 Å². The van der Waals surface area contributed by atoms with Crippen LogP contribution in [0.4, 0.5) is 0 Å². The number of hydrogen-bond donors (Lipinski definition) is 1. The van der Waals surface area contributed by atoms with E-state index in [1.165, 1.54) is 5.56 Å². The predicted octanol–water partition coefficient (Wildman–Crippen LogP) is 2.42. The number of carbonyl (C=O) groups is 1. The standard InChI is InChI=1S/C16H24N2O/c1-3-18(12-14-7-5-4-6-8-14)16(19)15-9-10-17-13(2)11-15/h4-8,13,15,17H,3,9-12H2,1-2H3/t13-,15-/m0/s1. The SMILES string of the molecule is CCN(Cc1ccccc1)C(=O)[C@H]1CCN[C@@H](C)C1. The molecule has 0 bridgehead atoms. The molecule has 1 heterocycles. The molecule has 1 aromatic carbocycles. The van der Waals surface area contributed by atoms with Gasteiger partial charge in [0.2, 0.25) is 5.91 Å². The Bertz CT molecular complexity index is 404. The van der Waals surface area contributed by atoms with Gasteiger partial charge in [-0.3, -0.25) is 4.79 Å². The molecule has 3 heteroatoms. The van der Waals surface area contributed by atoms with Crippen molar-refractivity contribution in [2.24, 2.45) is 5.92 Å². The molecule has 2 rings (SSSR count). The molecule has 1 aliphatic rings. The molecule has 1 saturated heterocycles. The summed E-state index contributed by atoms with van der Waals surface area (Å²) in [7, 11) is 0. The van der Waals surface area contributed by atoms with E-state index in [1.807, 2.05) is 23.1 Å². The van der Waals surface area contributed by atoms with Gasteiger partial charge in [-0.05, 0) is 38.8 Å². The van der Waals surface area contributed by atoms with Gasteiger partial charge in [-0.2, -0.15) is 0 Å². The second-order valence-electron chi connectivity index (χ2n) is 5.41. The van der Waals surface area contributed by atoms with E-state index in [1.54, 1.807) is 0 Å². The van der Waals surface area contributed by atoms with Crippen LogP contribution >= 0.6 is 0 Å². The molecule has 0 spiro atoms. The lowest BCUT2D eigenvalue weighted by atomic mass is 9.92. The molecule has 2 atom stereocenters. The summed E-state index contributed by atoms with van der Waals surface area (Å²) in [6, 6.07) is 10.7. The first-order valence-electron chi connectivity index (χ1n) is 7.26. The lowest BCUT2D eigenvalue weighted by Gasteiger charge is -2.31. The highest BCUT2D eigenvalue weighted by Gasteiger charge is 2.27. The molecule has 0 aromatic heterocycles. The molecule has 3 nitrogen and oxygen atoms in total.